The Kier molecular flexibility index (Phi) is 5.84. The molecular weight excluding hydrogens is 422 g/mol. The molecule has 0 spiro atoms. The lowest BCUT2D eigenvalue weighted by molar-refractivity contribution is -0.119. The van der Waals surface area contributed by atoms with Crippen LogP contribution in [0.15, 0.2) is 47.4 Å². The van der Waals surface area contributed by atoms with E-state index in [4.69, 9.17) is 9.47 Å². The molecule has 10 heteroatoms. The number of hydrogen-bond donors (Lipinski definition) is 2. The van der Waals surface area contributed by atoms with Gasteiger partial charge in [-0.05, 0) is 43.2 Å². The van der Waals surface area contributed by atoms with Gasteiger partial charge in [-0.3, -0.25) is 9.59 Å². The van der Waals surface area contributed by atoms with Crippen molar-refractivity contribution in [1.82, 2.24) is 4.31 Å². The normalized spacial score (nSPS) is 18.4. The second-order valence-electron chi connectivity index (χ2n) is 7.33. The van der Waals surface area contributed by atoms with Crippen molar-refractivity contribution in [3.63, 3.8) is 0 Å². The predicted molar refractivity (Wildman–Crippen MR) is 114 cm³/mol. The third kappa shape index (κ3) is 4.49. The molecule has 0 bridgehead atoms. The number of benzene rings is 2. The first kappa shape index (κ1) is 21.1. The van der Waals surface area contributed by atoms with E-state index in [9.17, 15) is 18.0 Å². The van der Waals surface area contributed by atoms with Crippen LogP contribution in [-0.2, 0) is 19.6 Å². The SMILES string of the molecule is CC(=O)Nc1cccc(NC(=O)[C@H]2CCCN2S(=O)(=O)c2ccc3c(c2)OCCO3)c1. The predicted octanol–water partition coefficient (Wildman–Crippen LogP) is 2.21. The van der Waals surface area contributed by atoms with Gasteiger partial charge < -0.3 is 20.1 Å². The molecule has 2 aliphatic heterocycles. The number of rotatable bonds is 5. The molecule has 4 rings (SSSR count). The van der Waals surface area contributed by atoms with Crippen LogP contribution in [0.4, 0.5) is 11.4 Å². The highest BCUT2D eigenvalue weighted by Crippen LogP contribution is 2.35. The van der Waals surface area contributed by atoms with Gasteiger partial charge in [-0.25, -0.2) is 8.42 Å². The van der Waals surface area contributed by atoms with E-state index in [1.165, 1.54) is 23.4 Å². The molecule has 2 N–H and O–H groups in total. The van der Waals surface area contributed by atoms with Gasteiger partial charge in [0.2, 0.25) is 21.8 Å². The van der Waals surface area contributed by atoms with Crippen molar-refractivity contribution >= 4 is 33.2 Å². The molecule has 0 aliphatic carbocycles. The van der Waals surface area contributed by atoms with Crippen LogP contribution in [0, 0.1) is 0 Å². The number of anilines is 2. The van der Waals surface area contributed by atoms with Crippen molar-refractivity contribution in [2.75, 3.05) is 30.4 Å². The number of fused-ring (bicyclic) bond motifs is 1. The average molecular weight is 445 g/mol. The summed E-state index contributed by atoms with van der Waals surface area (Å²) in [5, 5.41) is 5.41. The van der Waals surface area contributed by atoms with Gasteiger partial charge in [-0.15, -0.1) is 0 Å². The summed E-state index contributed by atoms with van der Waals surface area (Å²) in [6.07, 6.45) is 0.995. The molecular formula is C21H23N3O6S. The summed E-state index contributed by atoms with van der Waals surface area (Å²) in [4.78, 5) is 24.2. The molecule has 2 heterocycles. The molecule has 1 atom stereocenters. The van der Waals surface area contributed by atoms with Crippen molar-refractivity contribution in [1.29, 1.82) is 0 Å². The molecule has 31 heavy (non-hydrogen) atoms. The molecule has 0 radical (unpaired) electrons. The molecule has 2 aliphatic rings. The minimum atomic E-state index is -3.90. The number of carbonyl (C=O) groups is 2. The van der Waals surface area contributed by atoms with E-state index in [-0.39, 0.29) is 17.3 Å². The Hall–Kier alpha value is -3.11. The van der Waals surface area contributed by atoms with Crippen LogP contribution in [0.3, 0.4) is 0 Å². The third-order valence-corrected chi connectivity index (χ3v) is 6.98. The zero-order valence-corrected chi connectivity index (χ0v) is 17.8. The number of ether oxygens (including phenoxy) is 2. The van der Waals surface area contributed by atoms with Crippen LogP contribution in [0.25, 0.3) is 0 Å². The lowest BCUT2D eigenvalue weighted by Gasteiger charge is -2.24. The monoisotopic (exact) mass is 445 g/mol. The number of nitrogens with zero attached hydrogens (tertiary/aromatic N) is 1. The van der Waals surface area contributed by atoms with Gasteiger partial charge in [0.15, 0.2) is 11.5 Å². The summed E-state index contributed by atoms with van der Waals surface area (Å²) in [5.74, 6) is 0.233. The molecule has 9 nitrogen and oxygen atoms in total. The molecule has 0 aromatic heterocycles. The van der Waals surface area contributed by atoms with Crippen LogP contribution in [0.2, 0.25) is 0 Å². The number of nitrogens with one attached hydrogen (secondary N) is 2. The summed E-state index contributed by atoms with van der Waals surface area (Å²) in [5.41, 5.74) is 1.01. The summed E-state index contributed by atoms with van der Waals surface area (Å²) >= 11 is 0. The fourth-order valence-corrected chi connectivity index (χ4v) is 5.39. The quantitative estimate of drug-likeness (QED) is 0.729. The van der Waals surface area contributed by atoms with Crippen molar-refractivity contribution in [3.8, 4) is 11.5 Å². The van der Waals surface area contributed by atoms with E-state index < -0.39 is 22.0 Å². The largest absolute Gasteiger partial charge is 0.486 e. The molecule has 1 fully saturated rings. The maximum absolute atomic E-state index is 13.3. The maximum atomic E-state index is 13.3. The van der Waals surface area contributed by atoms with E-state index in [0.29, 0.717) is 48.9 Å². The Bertz CT molecular complexity index is 1120. The fourth-order valence-electron chi connectivity index (χ4n) is 3.71. The Labute approximate surface area is 180 Å². The third-order valence-electron chi connectivity index (χ3n) is 5.08. The van der Waals surface area contributed by atoms with Gasteiger partial charge in [0.1, 0.15) is 19.3 Å². The van der Waals surface area contributed by atoms with Gasteiger partial charge in [0, 0.05) is 30.9 Å². The number of carbonyl (C=O) groups excluding carboxylic acids is 2. The zero-order valence-electron chi connectivity index (χ0n) is 17.0. The Morgan fingerprint density at radius 1 is 1.00 bits per heavy atom. The first-order chi connectivity index (χ1) is 14.8. The Balaban J connectivity index is 1.53. The van der Waals surface area contributed by atoms with Crippen LogP contribution < -0.4 is 20.1 Å². The summed E-state index contributed by atoms with van der Waals surface area (Å²) < 4.78 is 38.7. The average Bonchev–Trinajstić information content (AvgIpc) is 3.24. The molecule has 2 aromatic rings. The minimum Gasteiger partial charge on any atom is -0.486 e. The Morgan fingerprint density at radius 3 is 2.45 bits per heavy atom. The Morgan fingerprint density at radius 2 is 1.71 bits per heavy atom. The second-order valence-corrected chi connectivity index (χ2v) is 9.22. The van der Waals surface area contributed by atoms with Crippen LogP contribution in [-0.4, -0.2) is 50.3 Å². The maximum Gasteiger partial charge on any atom is 0.243 e. The second kappa shape index (κ2) is 8.56. The smallest absolute Gasteiger partial charge is 0.243 e. The van der Waals surface area contributed by atoms with Crippen LogP contribution in [0.1, 0.15) is 19.8 Å². The fraction of sp³-hybridized carbons (Fsp3) is 0.333. The summed E-state index contributed by atoms with van der Waals surface area (Å²) in [6, 6.07) is 10.3. The standard InChI is InChI=1S/C21H23N3O6S/c1-14(25)22-15-4-2-5-16(12-15)23-21(26)18-6-3-9-24(18)31(27,28)17-7-8-19-20(13-17)30-11-10-29-19/h2,4-5,7-8,12-13,18H,3,6,9-11H2,1H3,(H,22,25)(H,23,26)/t18-/m1/s1. The first-order valence-corrected chi connectivity index (χ1v) is 11.4. The molecule has 0 unspecified atom stereocenters. The van der Waals surface area contributed by atoms with E-state index in [1.54, 1.807) is 30.3 Å². The van der Waals surface area contributed by atoms with Crippen molar-refractivity contribution in [2.24, 2.45) is 0 Å². The lowest BCUT2D eigenvalue weighted by Crippen LogP contribution is -2.43. The van der Waals surface area contributed by atoms with Crippen molar-refractivity contribution in [3.05, 3.63) is 42.5 Å². The van der Waals surface area contributed by atoms with Gasteiger partial charge in [0.05, 0.1) is 4.90 Å². The molecule has 164 valence electrons. The summed E-state index contributed by atoms with van der Waals surface area (Å²) in [7, 11) is -3.90. The van der Waals surface area contributed by atoms with Gasteiger partial charge in [-0.1, -0.05) is 6.07 Å². The highest BCUT2D eigenvalue weighted by molar-refractivity contribution is 7.89. The van der Waals surface area contributed by atoms with Gasteiger partial charge >= 0.3 is 0 Å². The van der Waals surface area contributed by atoms with Crippen LogP contribution in [0.5, 0.6) is 11.5 Å². The van der Waals surface area contributed by atoms with E-state index >= 15 is 0 Å². The van der Waals surface area contributed by atoms with Crippen molar-refractivity contribution < 1.29 is 27.5 Å². The molecule has 1 saturated heterocycles. The highest BCUT2D eigenvalue weighted by Gasteiger charge is 2.40. The number of sulfonamides is 1. The van der Waals surface area contributed by atoms with E-state index in [0.717, 1.165) is 0 Å². The van der Waals surface area contributed by atoms with Crippen LogP contribution >= 0.6 is 0 Å². The first-order valence-electron chi connectivity index (χ1n) is 9.94. The summed E-state index contributed by atoms with van der Waals surface area (Å²) in [6.45, 7) is 2.41. The molecule has 0 saturated carbocycles. The minimum absolute atomic E-state index is 0.0594. The topological polar surface area (TPSA) is 114 Å². The molecule has 2 aromatic carbocycles. The number of amides is 2. The highest BCUT2D eigenvalue weighted by atomic mass is 32.2. The molecule has 2 amide bonds. The number of hydrogen-bond acceptors (Lipinski definition) is 6. The lowest BCUT2D eigenvalue weighted by atomic mass is 10.2. The van der Waals surface area contributed by atoms with E-state index in [2.05, 4.69) is 10.6 Å². The van der Waals surface area contributed by atoms with E-state index in [1.807, 2.05) is 0 Å². The van der Waals surface area contributed by atoms with Crippen molar-refractivity contribution in [2.45, 2.75) is 30.7 Å². The van der Waals surface area contributed by atoms with Gasteiger partial charge in [-0.2, -0.15) is 4.31 Å². The zero-order chi connectivity index (χ0) is 22.0. The van der Waals surface area contributed by atoms with Gasteiger partial charge in [0.25, 0.3) is 0 Å².